The molecule has 362 valence electrons. The molecular weight excluding hydrogens is 781 g/mol. The Balaban J connectivity index is 4.46. The average molecular weight is 879 g/mol. The Kier molecular flexibility index (Phi) is 48.9. The molecule has 0 aromatic carbocycles. The van der Waals surface area contributed by atoms with E-state index in [9.17, 15) is 14.4 Å². The highest BCUT2D eigenvalue weighted by Gasteiger charge is 2.19. The van der Waals surface area contributed by atoms with Crippen LogP contribution in [0.25, 0.3) is 0 Å². The van der Waals surface area contributed by atoms with Crippen LogP contribution in [0.4, 0.5) is 0 Å². The molecule has 0 spiro atoms. The predicted octanol–water partition coefficient (Wildman–Crippen LogP) is 17.4. The zero-order valence-electron chi connectivity index (χ0n) is 41.3. The number of carbonyl (C=O) groups excluding carboxylic acids is 3. The smallest absolute Gasteiger partial charge is 0.306 e. The Morgan fingerprint density at radius 2 is 0.619 bits per heavy atom. The van der Waals surface area contributed by atoms with Gasteiger partial charge in [0.1, 0.15) is 13.2 Å². The zero-order chi connectivity index (χ0) is 45.8. The Labute approximate surface area is 389 Å². The molecular formula is C57H98O6. The fourth-order valence-corrected chi connectivity index (χ4v) is 7.23. The molecule has 0 N–H and O–H groups in total. The second-order valence-corrected chi connectivity index (χ2v) is 17.4. The Bertz CT molecular complexity index is 1190. The molecule has 0 aromatic rings. The van der Waals surface area contributed by atoms with Crippen molar-refractivity contribution in [2.24, 2.45) is 0 Å². The standard InChI is InChI=1S/C57H98O6/c1-4-7-10-13-16-19-22-25-28-30-32-35-38-41-44-47-50-56(59)62-53-54(52-61-55(58)49-46-43-40-37-34-31-27-24-21-18-15-12-9-6-3)63-57(60)51-48-45-42-39-36-33-29-26-23-20-17-14-11-8-5-2/h8,11,17,19-20,22,26,28-30,36,39,54H,4-7,9-10,12-16,18,21,23-25,27,31-35,37-38,40-53H2,1-3H3/b11-8-,20-17-,22-19-,29-26-,30-28-,39-36-. The Hall–Kier alpha value is -3.15. The minimum absolute atomic E-state index is 0.0950. The zero-order valence-corrected chi connectivity index (χ0v) is 41.3. The van der Waals surface area contributed by atoms with E-state index in [0.29, 0.717) is 19.3 Å². The summed E-state index contributed by atoms with van der Waals surface area (Å²) in [6, 6.07) is 0. The number of unbranched alkanes of at least 4 members (excludes halogenated alkanes) is 24. The number of esters is 3. The number of ether oxygens (including phenoxy) is 3. The second kappa shape index (κ2) is 51.5. The van der Waals surface area contributed by atoms with Gasteiger partial charge in [0.25, 0.3) is 0 Å². The Morgan fingerprint density at radius 3 is 1.02 bits per heavy atom. The molecule has 0 aliphatic carbocycles. The molecule has 0 radical (unpaired) electrons. The molecule has 6 nitrogen and oxygen atoms in total. The molecule has 0 aliphatic rings. The maximum absolute atomic E-state index is 12.8. The van der Waals surface area contributed by atoms with E-state index < -0.39 is 6.10 Å². The van der Waals surface area contributed by atoms with E-state index in [0.717, 1.165) is 103 Å². The predicted molar refractivity (Wildman–Crippen MR) is 270 cm³/mol. The highest BCUT2D eigenvalue weighted by atomic mass is 16.6. The van der Waals surface area contributed by atoms with Crippen molar-refractivity contribution in [2.75, 3.05) is 13.2 Å². The van der Waals surface area contributed by atoms with Gasteiger partial charge in [-0.1, -0.05) is 216 Å². The van der Waals surface area contributed by atoms with Crippen molar-refractivity contribution in [1.82, 2.24) is 0 Å². The molecule has 0 amide bonds. The molecule has 1 atom stereocenters. The van der Waals surface area contributed by atoms with Gasteiger partial charge in [-0.2, -0.15) is 0 Å². The van der Waals surface area contributed by atoms with Crippen molar-refractivity contribution in [2.45, 2.75) is 258 Å². The quantitative estimate of drug-likeness (QED) is 0.0262. The van der Waals surface area contributed by atoms with Crippen molar-refractivity contribution in [3.63, 3.8) is 0 Å². The topological polar surface area (TPSA) is 78.9 Å². The van der Waals surface area contributed by atoms with Gasteiger partial charge in [0.05, 0.1) is 0 Å². The third-order valence-electron chi connectivity index (χ3n) is 11.2. The van der Waals surface area contributed by atoms with Gasteiger partial charge in [-0.15, -0.1) is 0 Å². The summed E-state index contributed by atoms with van der Waals surface area (Å²) in [7, 11) is 0. The van der Waals surface area contributed by atoms with E-state index in [2.05, 4.69) is 93.7 Å². The van der Waals surface area contributed by atoms with E-state index in [1.165, 1.54) is 103 Å². The third-order valence-corrected chi connectivity index (χ3v) is 11.2. The largest absolute Gasteiger partial charge is 0.462 e. The summed E-state index contributed by atoms with van der Waals surface area (Å²) in [5.41, 5.74) is 0. The van der Waals surface area contributed by atoms with Gasteiger partial charge >= 0.3 is 17.9 Å². The van der Waals surface area contributed by atoms with Crippen molar-refractivity contribution in [3.05, 3.63) is 72.9 Å². The van der Waals surface area contributed by atoms with Crippen molar-refractivity contribution in [3.8, 4) is 0 Å². The van der Waals surface area contributed by atoms with Gasteiger partial charge in [-0.25, -0.2) is 0 Å². The molecule has 1 unspecified atom stereocenters. The fourth-order valence-electron chi connectivity index (χ4n) is 7.23. The summed E-state index contributed by atoms with van der Waals surface area (Å²) in [4.78, 5) is 38.0. The van der Waals surface area contributed by atoms with Crippen LogP contribution in [0, 0.1) is 0 Å². The number of rotatable bonds is 47. The molecule has 0 saturated heterocycles. The van der Waals surface area contributed by atoms with Crippen LogP contribution in [-0.2, 0) is 28.6 Å². The summed E-state index contributed by atoms with van der Waals surface area (Å²) >= 11 is 0. The van der Waals surface area contributed by atoms with Crippen LogP contribution >= 0.6 is 0 Å². The van der Waals surface area contributed by atoms with E-state index >= 15 is 0 Å². The van der Waals surface area contributed by atoms with Gasteiger partial charge < -0.3 is 14.2 Å². The average Bonchev–Trinajstić information content (AvgIpc) is 3.28. The van der Waals surface area contributed by atoms with Gasteiger partial charge in [0.2, 0.25) is 0 Å². The summed E-state index contributed by atoms with van der Waals surface area (Å²) in [5.74, 6) is -0.947. The van der Waals surface area contributed by atoms with Crippen molar-refractivity contribution < 1.29 is 28.6 Å². The number of allylic oxidation sites excluding steroid dienone is 12. The SMILES string of the molecule is CC/C=C\C/C=C\C/C=C\C/C=C\CCCCC(=O)OC(COC(=O)CCCCCCC/C=C\C/C=C\CCCCCC)COC(=O)CCCCCCCCCCCCCCCC. The minimum atomic E-state index is -0.801. The molecule has 0 rings (SSSR count). The Morgan fingerprint density at radius 1 is 0.333 bits per heavy atom. The lowest BCUT2D eigenvalue weighted by Crippen LogP contribution is -2.30. The fraction of sp³-hybridized carbons (Fsp3) is 0.737. The summed E-state index contributed by atoms with van der Waals surface area (Å²) in [6.07, 6.45) is 64.5. The number of carbonyl (C=O) groups is 3. The van der Waals surface area contributed by atoms with Crippen LogP contribution in [-0.4, -0.2) is 37.2 Å². The van der Waals surface area contributed by atoms with E-state index in [1.54, 1.807) is 0 Å². The van der Waals surface area contributed by atoms with Crippen LogP contribution in [0.2, 0.25) is 0 Å². The van der Waals surface area contributed by atoms with Gasteiger partial charge in [0.15, 0.2) is 6.10 Å². The molecule has 0 saturated carbocycles. The summed E-state index contributed by atoms with van der Waals surface area (Å²) in [5, 5.41) is 0. The van der Waals surface area contributed by atoms with Crippen molar-refractivity contribution >= 4 is 17.9 Å². The first kappa shape index (κ1) is 59.9. The second-order valence-electron chi connectivity index (χ2n) is 17.4. The minimum Gasteiger partial charge on any atom is -0.462 e. The van der Waals surface area contributed by atoms with Gasteiger partial charge in [0, 0.05) is 19.3 Å². The normalized spacial score (nSPS) is 12.6. The van der Waals surface area contributed by atoms with Crippen LogP contribution in [0.5, 0.6) is 0 Å². The molecule has 63 heavy (non-hydrogen) atoms. The molecule has 6 heteroatoms. The van der Waals surface area contributed by atoms with E-state index in [-0.39, 0.29) is 37.5 Å². The monoisotopic (exact) mass is 879 g/mol. The first-order valence-corrected chi connectivity index (χ1v) is 26.4. The van der Waals surface area contributed by atoms with Crippen LogP contribution in [0.15, 0.2) is 72.9 Å². The highest BCUT2D eigenvalue weighted by Crippen LogP contribution is 2.15. The molecule has 0 fully saturated rings. The summed E-state index contributed by atoms with van der Waals surface area (Å²) in [6.45, 7) is 6.47. The van der Waals surface area contributed by atoms with Gasteiger partial charge in [-0.05, 0) is 89.9 Å². The lowest BCUT2D eigenvalue weighted by Gasteiger charge is -2.18. The highest BCUT2D eigenvalue weighted by molar-refractivity contribution is 5.71. The number of hydrogen-bond donors (Lipinski definition) is 0. The lowest BCUT2D eigenvalue weighted by molar-refractivity contribution is -0.167. The maximum Gasteiger partial charge on any atom is 0.306 e. The molecule has 0 aliphatic heterocycles. The molecule has 0 aromatic heterocycles. The van der Waals surface area contributed by atoms with Crippen LogP contribution in [0.3, 0.4) is 0 Å². The van der Waals surface area contributed by atoms with Gasteiger partial charge in [-0.3, -0.25) is 14.4 Å². The van der Waals surface area contributed by atoms with Crippen LogP contribution in [0.1, 0.15) is 252 Å². The third kappa shape index (κ3) is 49.7. The summed E-state index contributed by atoms with van der Waals surface area (Å²) < 4.78 is 16.8. The van der Waals surface area contributed by atoms with Crippen LogP contribution < -0.4 is 0 Å². The molecule has 0 bridgehead atoms. The number of hydrogen-bond acceptors (Lipinski definition) is 6. The maximum atomic E-state index is 12.8. The van der Waals surface area contributed by atoms with Crippen molar-refractivity contribution in [1.29, 1.82) is 0 Å². The first-order chi connectivity index (χ1) is 31.0. The lowest BCUT2D eigenvalue weighted by atomic mass is 10.0. The first-order valence-electron chi connectivity index (χ1n) is 26.4. The van der Waals surface area contributed by atoms with E-state index in [1.807, 2.05) is 0 Å². The molecule has 0 heterocycles. The van der Waals surface area contributed by atoms with E-state index in [4.69, 9.17) is 14.2 Å².